The van der Waals surface area contributed by atoms with Crippen molar-refractivity contribution in [2.24, 2.45) is 11.8 Å². The van der Waals surface area contributed by atoms with Gasteiger partial charge in [-0.1, -0.05) is 6.92 Å². The number of hydrogen-bond donors (Lipinski definition) is 2. The van der Waals surface area contributed by atoms with Gasteiger partial charge in [-0.3, -0.25) is 9.59 Å². The smallest absolute Gasteiger partial charge is 0.311 e. The molecule has 6 nitrogen and oxygen atoms in total. The Bertz CT molecular complexity index is 532. The lowest BCUT2D eigenvalue weighted by molar-refractivity contribution is -0.142. The molecule has 0 aromatic carbocycles. The van der Waals surface area contributed by atoms with Crippen molar-refractivity contribution in [1.82, 2.24) is 10.3 Å². The molecular weight excluding hydrogens is 350 g/mol. The normalized spacial score (nSPS) is 18.3. The summed E-state index contributed by atoms with van der Waals surface area (Å²) in [6.07, 6.45) is 3.01. The zero-order valence-corrected chi connectivity index (χ0v) is 15.8. The minimum absolute atomic E-state index is 0. The highest BCUT2D eigenvalue weighted by Gasteiger charge is 2.22. The van der Waals surface area contributed by atoms with Crippen molar-refractivity contribution >= 4 is 40.8 Å². The minimum Gasteiger partial charge on any atom is -0.466 e. The quantitative estimate of drug-likeness (QED) is 0.716. The molecular formula is C16H26ClN3O3S. The van der Waals surface area contributed by atoms with Crippen molar-refractivity contribution in [3.05, 3.63) is 11.1 Å². The van der Waals surface area contributed by atoms with Crippen LogP contribution in [0.3, 0.4) is 0 Å². The zero-order chi connectivity index (χ0) is 16.7. The standard InChI is InChI=1S/C16H25N3O3S.ClH/c1-3-22-15(21)8-13-10-23-16(18-13)19-14(20)7-11(2)12-5-4-6-17-9-12;/h10-12,17H,3-9H2,1-2H3,(H,18,19,20);1H. The van der Waals surface area contributed by atoms with Crippen molar-refractivity contribution in [3.63, 3.8) is 0 Å². The molecule has 1 aliphatic heterocycles. The second kappa shape index (κ2) is 10.6. The highest BCUT2D eigenvalue weighted by atomic mass is 35.5. The first kappa shape index (κ1) is 20.9. The summed E-state index contributed by atoms with van der Waals surface area (Å²) in [5.74, 6) is 0.598. The lowest BCUT2D eigenvalue weighted by atomic mass is 9.85. The lowest BCUT2D eigenvalue weighted by Crippen LogP contribution is -2.34. The average molecular weight is 376 g/mol. The number of ether oxygens (including phenoxy) is 1. The van der Waals surface area contributed by atoms with Crippen LogP contribution in [0.15, 0.2) is 5.38 Å². The molecule has 8 heteroatoms. The molecule has 24 heavy (non-hydrogen) atoms. The van der Waals surface area contributed by atoms with Crippen LogP contribution < -0.4 is 10.6 Å². The number of thiazole rings is 1. The molecule has 2 atom stereocenters. The van der Waals surface area contributed by atoms with Crippen LogP contribution in [-0.2, 0) is 20.7 Å². The van der Waals surface area contributed by atoms with E-state index in [0.29, 0.717) is 35.7 Å². The van der Waals surface area contributed by atoms with Crippen molar-refractivity contribution in [2.45, 2.75) is 39.5 Å². The number of aromatic nitrogens is 1. The number of nitrogens with zero attached hydrogens (tertiary/aromatic N) is 1. The van der Waals surface area contributed by atoms with Crippen LogP contribution in [0.1, 0.15) is 38.8 Å². The van der Waals surface area contributed by atoms with Gasteiger partial charge >= 0.3 is 5.97 Å². The van der Waals surface area contributed by atoms with Crippen LogP contribution in [0.4, 0.5) is 5.13 Å². The predicted molar refractivity (Wildman–Crippen MR) is 97.7 cm³/mol. The van der Waals surface area contributed by atoms with E-state index in [0.717, 1.165) is 13.1 Å². The Morgan fingerprint density at radius 3 is 3.00 bits per heavy atom. The molecule has 2 N–H and O–H groups in total. The van der Waals surface area contributed by atoms with Crippen LogP contribution in [0.2, 0.25) is 0 Å². The second-order valence-corrected chi connectivity index (χ2v) is 6.82. The summed E-state index contributed by atoms with van der Waals surface area (Å²) in [6, 6.07) is 0. The third-order valence-corrected chi connectivity index (χ3v) is 4.88. The molecule has 2 unspecified atom stereocenters. The molecule has 2 rings (SSSR count). The van der Waals surface area contributed by atoms with E-state index in [4.69, 9.17) is 4.74 Å². The number of halogens is 1. The maximum atomic E-state index is 12.1. The Labute approximate surface area is 153 Å². The molecule has 0 spiro atoms. The Morgan fingerprint density at radius 2 is 2.33 bits per heavy atom. The van der Waals surface area contributed by atoms with E-state index in [-0.39, 0.29) is 30.7 Å². The molecule has 1 amide bonds. The van der Waals surface area contributed by atoms with Gasteiger partial charge in [0.2, 0.25) is 5.91 Å². The molecule has 2 heterocycles. The number of piperidine rings is 1. The topological polar surface area (TPSA) is 80.3 Å². The largest absolute Gasteiger partial charge is 0.466 e. The number of hydrogen-bond acceptors (Lipinski definition) is 6. The number of carbonyl (C=O) groups is 2. The van der Waals surface area contributed by atoms with E-state index >= 15 is 0 Å². The van der Waals surface area contributed by atoms with Gasteiger partial charge in [-0.2, -0.15) is 0 Å². The molecule has 0 saturated carbocycles. The average Bonchev–Trinajstić information content (AvgIpc) is 2.95. The van der Waals surface area contributed by atoms with Crippen LogP contribution >= 0.6 is 23.7 Å². The van der Waals surface area contributed by atoms with Gasteiger partial charge in [0.25, 0.3) is 0 Å². The third-order valence-electron chi connectivity index (χ3n) is 4.08. The fourth-order valence-electron chi connectivity index (χ4n) is 2.80. The van der Waals surface area contributed by atoms with Crippen molar-refractivity contribution in [1.29, 1.82) is 0 Å². The highest BCUT2D eigenvalue weighted by Crippen LogP contribution is 2.23. The number of esters is 1. The van der Waals surface area contributed by atoms with Gasteiger partial charge in [0.15, 0.2) is 5.13 Å². The SMILES string of the molecule is CCOC(=O)Cc1csc(NC(=O)CC(C)C2CCCNC2)n1.Cl. The number of rotatable bonds is 7. The van der Waals surface area contributed by atoms with E-state index in [2.05, 4.69) is 22.5 Å². The second-order valence-electron chi connectivity index (χ2n) is 5.96. The number of nitrogens with one attached hydrogen (secondary N) is 2. The fraction of sp³-hybridized carbons (Fsp3) is 0.688. The van der Waals surface area contributed by atoms with Crippen LogP contribution in [0.25, 0.3) is 0 Å². The summed E-state index contributed by atoms with van der Waals surface area (Å²) in [7, 11) is 0. The van der Waals surface area contributed by atoms with Gasteiger partial charge < -0.3 is 15.4 Å². The molecule has 0 radical (unpaired) electrons. The van der Waals surface area contributed by atoms with Gasteiger partial charge in [0, 0.05) is 11.8 Å². The van der Waals surface area contributed by atoms with Gasteiger partial charge in [-0.15, -0.1) is 23.7 Å². The molecule has 1 fully saturated rings. The first-order chi connectivity index (χ1) is 11.1. The van der Waals surface area contributed by atoms with Crippen molar-refractivity contribution in [2.75, 3.05) is 25.0 Å². The minimum atomic E-state index is -0.297. The van der Waals surface area contributed by atoms with Crippen LogP contribution in [0, 0.1) is 11.8 Å². The maximum absolute atomic E-state index is 12.1. The number of amides is 1. The Balaban J connectivity index is 0.00000288. The summed E-state index contributed by atoms with van der Waals surface area (Å²) >= 11 is 1.34. The van der Waals surface area contributed by atoms with Crippen molar-refractivity contribution in [3.8, 4) is 0 Å². The monoisotopic (exact) mass is 375 g/mol. The van der Waals surface area contributed by atoms with E-state index < -0.39 is 0 Å². The van der Waals surface area contributed by atoms with Gasteiger partial charge in [0.05, 0.1) is 18.7 Å². The molecule has 136 valence electrons. The summed E-state index contributed by atoms with van der Waals surface area (Å²) in [6.45, 7) is 6.34. The summed E-state index contributed by atoms with van der Waals surface area (Å²) in [5.41, 5.74) is 0.633. The van der Waals surface area contributed by atoms with E-state index in [1.807, 2.05) is 0 Å². The van der Waals surface area contributed by atoms with Crippen LogP contribution in [0.5, 0.6) is 0 Å². The Kier molecular flexibility index (Phi) is 9.25. The molecule has 1 aromatic heterocycles. The maximum Gasteiger partial charge on any atom is 0.311 e. The number of anilines is 1. The number of carbonyl (C=O) groups excluding carboxylic acids is 2. The zero-order valence-electron chi connectivity index (χ0n) is 14.2. The van der Waals surface area contributed by atoms with Gasteiger partial charge in [0.1, 0.15) is 0 Å². The van der Waals surface area contributed by atoms with E-state index in [1.54, 1.807) is 12.3 Å². The van der Waals surface area contributed by atoms with Gasteiger partial charge in [-0.05, 0) is 44.7 Å². The molecule has 1 aromatic rings. The summed E-state index contributed by atoms with van der Waals surface area (Å²) in [5, 5.41) is 8.54. The van der Waals surface area contributed by atoms with Crippen LogP contribution in [-0.4, -0.2) is 36.6 Å². The van der Waals surface area contributed by atoms with Gasteiger partial charge in [-0.25, -0.2) is 4.98 Å². The highest BCUT2D eigenvalue weighted by molar-refractivity contribution is 7.13. The molecule has 1 saturated heterocycles. The summed E-state index contributed by atoms with van der Waals surface area (Å²) < 4.78 is 4.89. The Hall–Kier alpha value is -1.18. The third kappa shape index (κ3) is 6.75. The molecule has 0 aliphatic carbocycles. The predicted octanol–water partition coefficient (Wildman–Crippen LogP) is 2.63. The van der Waals surface area contributed by atoms with E-state index in [1.165, 1.54) is 24.2 Å². The first-order valence-electron chi connectivity index (χ1n) is 8.19. The van der Waals surface area contributed by atoms with E-state index in [9.17, 15) is 9.59 Å². The fourth-order valence-corrected chi connectivity index (χ4v) is 3.53. The molecule has 0 bridgehead atoms. The summed E-state index contributed by atoms with van der Waals surface area (Å²) in [4.78, 5) is 27.8. The Morgan fingerprint density at radius 1 is 1.54 bits per heavy atom. The van der Waals surface area contributed by atoms with Crippen molar-refractivity contribution < 1.29 is 14.3 Å². The lowest BCUT2D eigenvalue weighted by Gasteiger charge is -2.27. The first-order valence-corrected chi connectivity index (χ1v) is 9.07. The molecule has 1 aliphatic rings.